The number of ether oxygens (including phenoxy) is 1. The Kier molecular flexibility index (Phi) is 3.42. The van der Waals surface area contributed by atoms with E-state index in [4.69, 9.17) is 4.74 Å². The van der Waals surface area contributed by atoms with Gasteiger partial charge in [-0.05, 0) is 58.5 Å². The standard InChI is InChI=1S/C15H12INO2/c16-11-5-7-12(8-6-11)17-15(18)14-9-10-3-1-2-4-13(10)19-14/h1-8,14H,9H2,(H,17,18)/t14-/m0/s1. The minimum Gasteiger partial charge on any atom is -0.480 e. The predicted molar refractivity (Wildman–Crippen MR) is 82.4 cm³/mol. The fourth-order valence-electron chi connectivity index (χ4n) is 2.08. The fourth-order valence-corrected chi connectivity index (χ4v) is 2.44. The first-order chi connectivity index (χ1) is 9.22. The van der Waals surface area contributed by atoms with Crippen LogP contribution in [0.15, 0.2) is 48.5 Å². The second kappa shape index (κ2) is 5.21. The van der Waals surface area contributed by atoms with Crippen LogP contribution in [0.25, 0.3) is 0 Å². The zero-order valence-electron chi connectivity index (χ0n) is 10.1. The molecular formula is C15H12INO2. The molecule has 3 nitrogen and oxygen atoms in total. The van der Waals surface area contributed by atoms with Crippen molar-refractivity contribution in [3.05, 3.63) is 57.7 Å². The molecule has 0 aromatic heterocycles. The number of carbonyl (C=O) groups is 1. The predicted octanol–water partition coefficient (Wildman–Crippen LogP) is 3.23. The number of halogens is 1. The first-order valence-corrected chi connectivity index (χ1v) is 7.11. The summed E-state index contributed by atoms with van der Waals surface area (Å²) in [5.41, 5.74) is 1.88. The number of carbonyl (C=O) groups excluding carboxylic acids is 1. The Balaban J connectivity index is 1.68. The summed E-state index contributed by atoms with van der Waals surface area (Å²) in [4.78, 5) is 12.1. The van der Waals surface area contributed by atoms with Crippen molar-refractivity contribution < 1.29 is 9.53 Å². The van der Waals surface area contributed by atoms with E-state index in [-0.39, 0.29) is 5.91 Å². The Hall–Kier alpha value is -1.56. The fraction of sp³-hybridized carbons (Fsp3) is 0.133. The second-order valence-corrected chi connectivity index (χ2v) is 5.66. The van der Waals surface area contributed by atoms with E-state index >= 15 is 0 Å². The van der Waals surface area contributed by atoms with Crippen LogP contribution in [-0.2, 0) is 11.2 Å². The van der Waals surface area contributed by atoms with E-state index in [0.29, 0.717) is 6.42 Å². The van der Waals surface area contributed by atoms with Crippen molar-refractivity contribution in [3.8, 4) is 5.75 Å². The molecule has 1 N–H and O–H groups in total. The molecule has 1 heterocycles. The van der Waals surface area contributed by atoms with E-state index in [1.807, 2.05) is 48.5 Å². The van der Waals surface area contributed by atoms with Crippen LogP contribution in [0.4, 0.5) is 5.69 Å². The lowest BCUT2D eigenvalue weighted by atomic mass is 10.1. The molecular weight excluding hydrogens is 353 g/mol. The molecule has 2 aromatic rings. The van der Waals surface area contributed by atoms with Crippen LogP contribution < -0.4 is 10.1 Å². The molecule has 1 amide bonds. The number of rotatable bonds is 2. The lowest BCUT2D eigenvalue weighted by molar-refractivity contribution is -0.122. The largest absolute Gasteiger partial charge is 0.480 e. The SMILES string of the molecule is O=C(Nc1ccc(I)cc1)[C@@H]1Cc2ccccc2O1. The molecule has 0 saturated carbocycles. The summed E-state index contributed by atoms with van der Waals surface area (Å²) >= 11 is 2.23. The van der Waals surface area contributed by atoms with Gasteiger partial charge in [0.05, 0.1) is 0 Å². The Morgan fingerprint density at radius 2 is 1.89 bits per heavy atom. The van der Waals surface area contributed by atoms with Crippen molar-refractivity contribution >= 4 is 34.2 Å². The number of fused-ring (bicyclic) bond motifs is 1. The Morgan fingerprint density at radius 3 is 2.63 bits per heavy atom. The van der Waals surface area contributed by atoms with Crippen molar-refractivity contribution in [3.63, 3.8) is 0 Å². The maximum Gasteiger partial charge on any atom is 0.265 e. The Labute approximate surface area is 125 Å². The molecule has 1 aliphatic rings. The summed E-state index contributed by atoms with van der Waals surface area (Å²) < 4.78 is 6.79. The van der Waals surface area contributed by atoms with Gasteiger partial charge in [-0.3, -0.25) is 4.79 Å². The first kappa shape index (κ1) is 12.5. The highest BCUT2D eigenvalue weighted by molar-refractivity contribution is 14.1. The molecule has 1 atom stereocenters. The minimum absolute atomic E-state index is 0.0996. The number of nitrogens with one attached hydrogen (secondary N) is 1. The van der Waals surface area contributed by atoms with Crippen LogP contribution in [0.3, 0.4) is 0 Å². The van der Waals surface area contributed by atoms with Crippen LogP contribution in [0, 0.1) is 3.57 Å². The molecule has 2 aromatic carbocycles. The van der Waals surface area contributed by atoms with Gasteiger partial charge in [0.1, 0.15) is 5.75 Å². The van der Waals surface area contributed by atoms with Gasteiger partial charge in [0.15, 0.2) is 6.10 Å². The van der Waals surface area contributed by atoms with Crippen LogP contribution >= 0.6 is 22.6 Å². The Bertz CT molecular complexity index is 585. The highest BCUT2D eigenvalue weighted by Crippen LogP contribution is 2.28. The molecule has 0 fully saturated rings. The normalized spacial score (nSPS) is 16.6. The van der Waals surface area contributed by atoms with E-state index in [0.717, 1.165) is 20.6 Å². The zero-order chi connectivity index (χ0) is 13.2. The van der Waals surface area contributed by atoms with Gasteiger partial charge < -0.3 is 10.1 Å². The van der Waals surface area contributed by atoms with Crippen LogP contribution in [0.1, 0.15) is 5.56 Å². The van der Waals surface area contributed by atoms with Gasteiger partial charge in [0.25, 0.3) is 5.91 Å². The van der Waals surface area contributed by atoms with E-state index in [9.17, 15) is 4.79 Å². The summed E-state index contributed by atoms with van der Waals surface area (Å²) in [7, 11) is 0. The lowest BCUT2D eigenvalue weighted by Crippen LogP contribution is -2.31. The van der Waals surface area contributed by atoms with Gasteiger partial charge >= 0.3 is 0 Å². The van der Waals surface area contributed by atoms with Crippen molar-refractivity contribution in [1.29, 1.82) is 0 Å². The molecule has 19 heavy (non-hydrogen) atoms. The molecule has 96 valence electrons. The number of para-hydroxylation sites is 1. The lowest BCUT2D eigenvalue weighted by Gasteiger charge is -2.11. The zero-order valence-corrected chi connectivity index (χ0v) is 12.3. The van der Waals surface area contributed by atoms with Crippen molar-refractivity contribution in [2.45, 2.75) is 12.5 Å². The maximum absolute atomic E-state index is 12.1. The summed E-state index contributed by atoms with van der Waals surface area (Å²) in [5, 5.41) is 2.88. The third kappa shape index (κ3) is 2.73. The Morgan fingerprint density at radius 1 is 1.16 bits per heavy atom. The van der Waals surface area contributed by atoms with E-state index < -0.39 is 6.10 Å². The molecule has 0 unspecified atom stereocenters. The third-order valence-corrected chi connectivity index (χ3v) is 3.77. The average Bonchev–Trinajstić information content (AvgIpc) is 2.85. The summed E-state index contributed by atoms with van der Waals surface area (Å²) in [5.74, 6) is 0.711. The van der Waals surface area contributed by atoms with Gasteiger partial charge in [-0.15, -0.1) is 0 Å². The third-order valence-electron chi connectivity index (χ3n) is 3.05. The van der Waals surface area contributed by atoms with E-state index in [1.54, 1.807) is 0 Å². The van der Waals surface area contributed by atoms with Crippen LogP contribution in [-0.4, -0.2) is 12.0 Å². The molecule has 1 aliphatic heterocycles. The van der Waals surface area contributed by atoms with E-state index in [1.165, 1.54) is 0 Å². The summed E-state index contributed by atoms with van der Waals surface area (Å²) in [6, 6.07) is 15.5. The molecule has 0 saturated heterocycles. The maximum atomic E-state index is 12.1. The second-order valence-electron chi connectivity index (χ2n) is 4.41. The van der Waals surface area contributed by atoms with Gasteiger partial charge in [0, 0.05) is 15.7 Å². The molecule has 4 heteroatoms. The summed E-state index contributed by atoms with van der Waals surface area (Å²) in [6.45, 7) is 0. The van der Waals surface area contributed by atoms with Gasteiger partial charge in [-0.1, -0.05) is 18.2 Å². The van der Waals surface area contributed by atoms with Crippen LogP contribution in [0.5, 0.6) is 5.75 Å². The molecule has 0 aliphatic carbocycles. The number of hydrogen-bond acceptors (Lipinski definition) is 2. The number of amides is 1. The quantitative estimate of drug-likeness (QED) is 0.830. The van der Waals surface area contributed by atoms with Gasteiger partial charge in [-0.2, -0.15) is 0 Å². The number of hydrogen-bond donors (Lipinski definition) is 1. The highest BCUT2D eigenvalue weighted by Gasteiger charge is 2.28. The summed E-state index contributed by atoms with van der Waals surface area (Å²) in [6.07, 6.45) is 0.198. The topological polar surface area (TPSA) is 38.3 Å². The van der Waals surface area contributed by atoms with Crippen molar-refractivity contribution in [1.82, 2.24) is 0 Å². The van der Waals surface area contributed by atoms with Gasteiger partial charge in [0.2, 0.25) is 0 Å². The first-order valence-electron chi connectivity index (χ1n) is 6.03. The smallest absolute Gasteiger partial charge is 0.265 e. The monoisotopic (exact) mass is 365 g/mol. The number of benzene rings is 2. The molecule has 3 rings (SSSR count). The highest BCUT2D eigenvalue weighted by atomic mass is 127. The number of anilines is 1. The molecule has 0 spiro atoms. The van der Waals surface area contributed by atoms with Crippen molar-refractivity contribution in [2.24, 2.45) is 0 Å². The van der Waals surface area contributed by atoms with Gasteiger partial charge in [-0.25, -0.2) is 0 Å². The van der Waals surface area contributed by atoms with E-state index in [2.05, 4.69) is 27.9 Å². The average molecular weight is 365 g/mol. The molecule has 0 radical (unpaired) electrons. The molecule has 0 bridgehead atoms. The van der Waals surface area contributed by atoms with Crippen LogP contribution in [0.2, 0.25) is 0 Å². The minimum atomic E-state index is -0.434. The van der Waals surface area contributed by atoms with Crippen molar-refractivity contribution in [2.75, 3.05) is 5.32 Å².